The first-order valence-corrected chi connectivity index (χ1v) is 11.1. The molecule has 3 heterocycles. The molecule has 1 unspecified atom stereocenters. The van der Waals surface area contributed by atoms with Gasteiger partial charge in [-0.25, -0.2) is 4.98 Å². The fourth-order valence-corrected chi connectivity index (χ4v) is 4.90. The predicted molar refractivity (Wildman–Crippen MR) is 120 cm³/mol. The molecule has 1 amide bonds. The third-order valence-corrected chi connectivity index (χ3v) is 6.41. The standard InChI is InChI=1S/C23H23N3O3S/c1-2-28-15-9-10-20-21(12-15)30-23(25-20)26(14-16-6-5-11-29-16)22(27)18-13-24-19-8-4-3-7-17(18)19/h3-4,7-10,12-13,16,24H,2,5-6,11,14H2,1H3. The van der Waals surface area contributed by atoms with E-state index in [0.717, 1.165) is 46.3 Å². The number of carbonyl (C=O) groups excluding carboxylic acids is 1. The smallest absolute Gasteiger partial charge is 0.262 e. The molecule has 0 radical (unpaired) electrons. The van der Waals surface area contributed by atoms with Crippen LogP contribution in [0.2, 0.25) is 0 Å². The number of hydrogen-bond donors (Lipinski definition) is 1. The van der Waals surface area contributed by atoms with Gasteiger partial charge in [0.05, 0.1) is 35.0 Å². The number of carbonyl (C=O) groups is 1. The summed E-state index contributed by atoms with van der Waals surface area (Å²) in [5, 5.41) is 1.60. The molecule has 2 aromatic carbocycles. The summed E-state index contributed by atoms with van der Waals surface area (Å²) in [4.78, 5) is 23.4. The largest absolute Gasteiger partial charge is 0.494 e. The van der Waals surface area contributed by atoms with Crippen molar-refractivity contribution in [2.45, 2.75) is 25.9 Å². The van der Waals surface area contributed by atoms with Crippen molar-refractivity contribution in [1.29, 1.82) is 0 Å². The molecular weight excluding hydrogens is 398 g/mol. The van der Waals surface area contributed by atoms with Gasteiger partial charge in [0, 0.05) is 23.7 Å². The molecule has 154 valence electrons. The fourth-order valence-electron chi connectivity index (χ4n) is 3.90. The maximum absolute atomic E-state index is 13.6. The molecule has 1 fully saturated rings. The van der Waals surface area contributed by atoms with Crippen LogP contribution in [0.4, 0.5) is 5.13 Å². The number of rotatable bonds is 6. The summed E-state index contributed by atoms with van der Waals surface area (Å²) in [6, 6.07) is 13.7. The van der Waals surface area contributed by atoms with Gasteiger partial charge in [0.1, 0.15) is 5.75 Å². The number of aromatic nitrogens is 2. The van der Waals surface area contributed by atoms with E-state index in [1.165, 1.54) is 11.3 Å². The van der Waals surface area contributed by atoms with Gasteiger partial charge in [-0.15, -0.1) is 0 Å². The van der Waals surface area contributed by atoms with Crippen molar-refractivity contribution in [2.75, 3.05) is 24.7 Å². The van der Waals surface area contributed by atoms with Gasteiger partial charge >= 0.3 is 0 Å². The van der Waals surface area contributed by atoms with E-state index < -0.39 is 0 Å². The summed E-state index contributed by atoms with van der Waals surface area (Å²) in [5.74, 6) is 0.751. The van der Waals surface area contributed by atoms with Crippen molar-refractivity contribution in [2.24, 2.45) is 0 Å². The molecule has 1 saturated heterocycles. The first-order chi connectivity index (χ1) is 14.7. The minimum atomic E-state index is -0.0629. The van der Waals surface area contributed by atoms with Crippen LogP contribution in [0.25, 0.3) is 21.1 Å². The Balaban J connectivity index is 1.54. The zero-order chi connectivity index (χ0) is 20.5. The Morgan fingerprint density at radius 2 is 2.23 bits per heavy atom. The third-order valence-electron chi connectivity index (χ3n) is 5.37. The molecule has 0 saturated carbocycles. The van der Waals surface area contributed by atoms with Crippen LogP contribution in [-0.4, -0.2) is 41.7 Å². The highest BCUT2D eigenvalue weighted by Crippen LogP contribution is 2.33. The molecule has 2 aromatic heterocycles. The number of aromatic amines is 1. The number of hydrogen-bond acceptors (Lipinski definition) is 5. The lowest BCUT2D eigenvalue weighted by Crippen LogP contribution is -2.37. The van der Waals surface area contributed by atoms with Crippen molar-refractivity contribution in [1.82, 2.24) is 9.97 Å². The minimum absolute atomic E-state index is 0.0325. The summed E-state index contributed by atoms with van der Waals surface area (Å²) in [5.41, 5.74) is 2.46. The first-order valence-electron chi connectivity index (χ1n) is 10.3. The molecule has 7 heteroatoms. The van der Waals surface area contributed by atoms with Crippen molar-refractivity contribution in [3.05, 3.63) is 54.2 Å². The van der Waals surface area contributed by atoms with E-state index in [9.17, 15) is 4.79 Å². The highest BCUT2D eigenvalue weighted by Gasteiger charge is 2.28. The summed E-state index contributed by atoms with van der Waals surface area (Å²) >= 11 is 1.51. The number of fused-ring (bicyclic) bond motifs is 2. The molecule has 0 spiro atoms. The predicted octanol–water partition coefficient (Wildman–Crippen LogP) is 5.00. The zero-order valence-corrected chi connectivity index (χ0v) is 17.6. The maximum atomic E-state index is 13.6. The van der Waals surface area contributed by atoms with Gasteiger partial charge in [-0.05, 0) is 44.0 Å². The Labute approximate surface area is 178 Å². The second kappa shape index (κ2) is 8.08. The van der Waals surface area contributed by atoms with E-state index in [1.54, 1.807) is 11.1 Å². The topological polar surface area (TPSA) is 67.5 Å². The first kappa shape index (κ1) is 19.1. The molecule has 30 heavy (non-hydrogen) atoms. The third kappa shape index (κ3) is 3.55. The highest BCUT2D eigenvalue weighted by molar-refractivity contribution is 7.22. The van der Waals surface area contributed by atoms with Crippen LogP contribution in [0.15, 0.2) is 48.7 Å². The number of nitrogens with one attached hydrogen (secondary N) is 1. The van der Waals surface area contributed by atoms with Crippen LogP contribution < -0.4 is 9.64 Å². The zero-order valence-electron chi connectivity index (χ0n) is 16.8. The molecule has 0 aliphatic carbocycles. The minimum Gasteiger partial charge on any atom is -0.494 e. The molecular formula is C23H23N3O3S. The number of amides is 1. The average Bonchev–Trinajstić information content (AvgIpc) is 3.50. The quantitative estimate of drug-likeness (QED) is 0.476. The van der Waals surface area contributed by atoms with Crippen LogP contribution in [0.1, 0.15) is 30.1 Å². The Hall–Kier alpha value is -2.90. The number of anilines is 1. The van der Waals surface area contributed by atoms with E-state index in [1.807, 2.05) is 49.4 Å². The Morgan fingerprint density at radius 1 is 1.33 bits per heavy atom. The number of nitrogens with zero attached hydrogens (tertiary/aromatic N) is 2. The molecule has 1 N–H and O–H groups in total. The number of ether oxygens (including phenoxy) is 2. The lowest BCUT2D eigenvalue weighted by atomic mass is 10.1. The highest BCUT2D eigenvalue weighted by atomic mass is 32.1. The summed E-state index contributed by atoms with van der Waals surface area (Å²) < 4.78 is 12.5. The summed E-state index contributed by atoms with van der Waals surface area (Å²) in [7, 11) is 0. The Kier molecular flexibility index (Phi) is 5.14. The Bertz CT molecular complexity index is 1190. The summed E-state index contributed by atoms with van der Waals surface area (Å²) in [6.45, 7) is 3.82. The van der Waals surface area contributed by atoms with Gasteiger partial charge in [0.2, 0.25) is 0 Å². The van der Waals surface area contributed by atoms with Crippen molar-refractivity contribution in [3.63, 3.8) is 0 Å². The van der Waals surface area contributed by atoms with E-state index in [-0.39, 0.29) is 12.0 Å². The molecule has 1 atom stereocenters. The second-order valence-electron chi connectivity index (χ2n) is 7.36. The van der Waals surface area contributed by atoms with E-state index in [0.29, 0.717) is 23.8 Å². The lowest BCUT2D eigenvalue weighted by Gasteiger charge is -2.22. The lowest BCUT2D eigenvalue weighted by molar-refractivity contribution is 0.0919. The van der Waals surface area contributed by atoms with E-state index in [2.05, 4.69) is 4.98 Å². The molecule has 1 aliphatic rings. The van der Waals surface area contributed by atoms with Gasteiger partial charge in [0.15, 0.2) is 5.13 Å². The van der Waals surface area contributed by atoms with Gasteiger partial charge in [0.25, 0.3) is 5.91 Å². The molecule has 0 bridgehead atoms. The van der Waals surface area contributed by atoms with Crippen molar-refractivity contribution in [3.8, 4) is 5.75 Å². The fraction of sp³-hybridized carbons (Fsp3) is 0.304. The van der Waals surface area contributed by atoms with E-state index >= 15 is 0 Å². The molecule has 1 aliphatic heterocycles. The maximum Gasteiger partial charge on any atom is 0.262 e. The van der Waals surface area contributed by atoms with Gasteiger partial charge < -0.3 is 14.5 Å². The second-order valence-corrected chi connectivity index (χ2v) is 8.37. The Morgan fingerprint density at radius 3 is 3.07 bits per heavy atom. The monoisotopic (exact) mass is 421 g/mol. The molecule has 5 rings (SSSR count). The van der Waals surface area contributed by atoms with Crippen LogP contribution in [0.5, 0.6) is 5.75 Å². The number of benzene rings is 2. The van der Waals surface area contributed by atoms with Crippen LogP contribution in [-0.2, 0) is 4.74 Å². The number of H-pyrrole nitrogens is 1. The van der Waals surface area contributed by atoms with Crippen LogP contribution in [0.3, 0.4) is 0 Å². The van der Waals surface area contributed by atoms with Crippen molar-refractivity contribution < 1.29 is 14.3 Å². The van der Waals surface area contributed by atoms with Crippen molar-refractivity contribution >= 4 is 43.5 Å². The number of para-hydroxylation sites is 1. The van der Waals surface area contributed by atoms with Gasteiger partial charge in [-0.3, -0.25) is 9.69 Å². The van der Waals surface area contributed by atoms with Crippen LogP contribution in [0, 0.1) is 0 Å². The molecule has 6 nitrogen and oxygen atoms in total. The normalized spacial score (nSPS) is 16.4. The number of thiazole rings is 1. The summed E-state index contributed by atoms with van der Waals surface area (Å²) in [6.07, 6.45) is 3.80. The SMILES string of the molecule is CCOc1ccc2nc(N(CC3CCCO3)C(=O)c3c[nH]c4ccccc34)sc2c1. The van der Waals surface area contributed by atoms with Gasteiger partial charge in [-0.2, -0.15) is 0 Å². The average molecular weight is 422 g/mol. The van der Waals surface area contributed by atoms with E-state index in [4.69, 9.17) is 14.5 Å². The van der Waals surface area contributed by atoms with Crippen LogP contribution >= 0.6 is 11.3 Å². The molecule has 4 aromatic rings. The van der Waals surface area contributed by atoms with Gasteiger partial charge in [-0.1, -0.05) is 29.5 Å².